The number of hydrogen-bond donors (Lipinski definition) is 1. The average Bonchev–Trinajstić information content (AvgIpc) is 2.75. The molecular weight excluding hydrogens is 252 g/mol. The lowest BCUT2D eigenvalue weighted by atomic mass is 9.93. The molecule has 1 saturated heterocycles. The summed E-state index contributed by atoms with van der Waals surface area (Å²) in [5.74, 6) is 0.298. The molecule has 2 N–H and O–H groups in total. The fourth-order valence-electron chi connectivity index (χ4n) is 2.59. The molecular formula is C11H20N4O2S. The molecule has 1 aliphatic rings. The van der Waals surface area contributed by atoms with E-state index in [0.29, 0.717) is 19.0 Å². The molecule has 0 bridgehead atoms. The Kier molecular flexibility index (Phi) is 3.74. The fraction of sp³-hybridized carbons (Fsp3) is 0.727. The first kappa shape index (κ1) is 13.5. The maximum absolute atomic E-state index is 12.6. The summed E-state index contributed by atoms with van der Waals surface area (Å²) in [4.78, 5) is 0. The van der Waals surface area contributed by atoms with E-state index in [1.165, 1.54) is 21.3 Å². The van der Waals surface area contributed by atoms with Gasteiger partial charge in [0.2, 0.25) is 0 Å². The molecule has 102 valence electrons. The van der Waals surface area contributed by atoms with E-state index in [1.807, 2.05) is 0 Å². The minimum Gasteiger partial charge on any atom is -0.329 e. The zero-order chi connectivity index (χ0) is 13.3. The van der Waals surface area contributed by atoms with E-state index >= 15 is 0 Å². The van der Waals surface area contributed by atoms with Gasteiger partial charge in [0, 0.05) is 26.2 Å². The van der Waals surface area contributed by atoms with Crippen molar-refractivity contribution in [2.24, 2.45) is 18.7 Å². The molecule has 2 rings (SSSR count). The maximum atomic E-state index is 12.6. The van der Waals surface area contributed by atoms with Gasteiger partial charge in [-0.3, -0.25) is 4.68 Å². The first-order valence-corrected chi connectivity index (χ1v) is 7.62. The summed E-state index contributed by atoms with van der Waals surface area (Å²) in [7, 11) is -1.85. The molecule has 7 heteroatoms. The number of hydrogen-bond acceptors (Lipinski definition) is 4. The van der Waals surface area contributed by atoms with Gasteiger partial charge in [0.15, 0.2) is 5.03 Å². The van der Waals surface area contributed by atoms with Crippen LogP contribution in [0.2, 0.25) is 0 Å². The summed E-state index contributed by atoms with van der Waals surface area (Å²) in [6.07, 6.45) is 3.41. The van der Waals surface area contributed by atoms with Crippen LogP contribution in [-0.2, 0) is 17.1 Å². The first-order valence-electron chi connectivity index (χ1n) is 6.18. The smallest absolute Gasteiger partial charge is 0.260 e. The molecule has 2 atom stereocenters. The van der Waals surface area contributed by atoms with Crippen molar-refractivity contribution < 1.29 is 8.42 Å². The summed E-state index contributed by atoms with van der Waals surface area (Å²) >= 11 is 0. The standard InChI is InChI=1S/C11H20N4O2S/c1-9-4-3-7-15(10(9)8-12)18(16,17)11-5-6-13-14(11)2/h5-6,9-10H,3-4,7-8,12H2,1-2H3. The number of nitrogens with two attached hydrogens (primary N) is 1. The van der Waals surface area contributed by atoms with E-state index in [0.717, 1.165) is 12.8 Å². The van der Waals surface area contributed by atoms with Gasteiger partial charge >= 0.3 is 0 Å². The lowest BCUT2D eigenvalue weighted by Gasteiger charge is -2.38. The molecule has 18 heavy (non-hydrogen) atoms. The van der Waals surface area contributed by atoms with Gasteiger partial charge in [-0.05, 0) is 24.8 Å². The van der Waals surface area contributed by atoms with Crippen molar-refractivity contribution in [2.45, 2.75) is 30.8 Å². The first-order chi connectivity index (χ1) is 8.48. The minimum atomic E-state index is -3.49. The Morgan fingerprint density at radius 2 is 2.28 bits per heavy atom. The van der Waals surface area contributed by atoms with Crippen LogP contribution < -0.4 is 5.73 Å². The largest absolute Gasteiger partial charge is 0.329 e. The van der Waals surface area contributed by atoms with Gasteiger partial charge in [-0.1, -0.05) is 6.92 Å². The highest BCUT2D eigenvalue weighted by Gasteiger charge is 2.37. The Bertz CT molecular complexity index is 511. The summed E-state index contributed by atoms with van der Waals surface area (Å²) in [5.41, 5.74) is 5.74. The zero-order valence-electron chi connectivity index (χ0n) is 10.8. The summed E-state index contributed by atoms with van der Waals surface area (Å²) in [6.45, 7) is 2.96. The lowest BCUT2D eigenvalue weighted by molar-refractivity contribution is 0.191. The zero-order valence-corrected chi connectivity index (χ0v) is 11.6. The third-order valence-electron chi connectivity index (χ3n) is 3.66. The molecule has 6 nitrogen and oxygen atoms in total. The second kappa shape index (κ2) is 4.99. The molecule has 0 radical (unpaired) electrons. The predicted octanol–water partition coefficient (Wildman–Crippen LogP) is 0.168. The highest BCUT2D eigenvalue weighted by atomic mass is 32.2. The van der Waals surface area contributed by atoms with Crippen LogP contribution in [0.15, 0.2) is 17.3 Å². The average molecular weight is 272 g/mol. The Hall–Kier alpha value is -0.920. The van der Waals surface area contributed by atoms with E-state index in [9.17, 15) is 8.42 Å². The monoisotopic (exact) mass is 272 g/mol. The molecule has 0 aromatic carbocycles. The van der Waals surface area contributed by atoms with Gasteiger partial charge in [0.25, 0.3) is 10.0 Å². The third-order valence-corrected chi connectivity index (χ3v) is 5.65. The van der Waals surface area contributed by atoms with E-state index in [2.05, 4.69) is 12.0 Å². The van der Waals surface area contributed by atoms with Gasteiger partial charge < -0.3 is 5.73 Å². The Morgan fingerprint density at radius 3 is 2.83 bits per heavy atom. The van der Waals surface area contributed by atoms with Crippen molar-refractivity contribution in [1.82, 2.24) is 14.1 Å². The van der Waals surface area contributed by atoms with Gasteiger partial charge in [0.05, 0.1) is 6.20 Å². The summed E-state index contributed by atoms with van der Waals surface area (Å²) in [6, 6.07) is 1.42. The van der Waals surface area contributed by atoms with Gasteiger partial charge in [-0.2, -0.15) is 9.40 Å². The van der Waals surface area contributed by atoms with Crippen molar-refractivity contribution in [3.8, 4) is 0 Å². The molecule has 1 aromatic rings. The lowest BCUT2D eigenvalue weighted by Crippen LogP contribution is -2.51. The van der Waals surface area contributed by atoms with Crippen LogP contribution in [0.3, 0.4) is 0 Å². The van der Waals surface area contributed by atoms with Gasteiger partial charge in [0.1, 0.15) is 0 Å². The predicted molar refractivity (Wildman–Crippen MR) is 68.3 cm³/mol. The quantitative estimate of drug-likeness (QED) is 0.850. The van der Waals surface area contributed by atoms with Crippen LogP contribution in [0.25, 0.3) is 0 Å². The van der Waals surface area contributed by atoms with Crippen LogP contribution >= 0.6 is 0 Å². The van der Waals surface area contributed by atoms with Crippen molar-refractivity contribution in [3.63, 3.8) is 0 Å². The van der Waals surface area contributed by atoms with Crippen molar-refractivity contribution >= 4 is 10.0 Å². The number of rotatable bonds is 3. The minimum absolute atomic E-state index is 0.112. The van der Waals surface area contributed by atoms with Crippen LogP contribution in [0.1, 0.15) is 19.8 Å². The molecule has 1 fully saturated rings. The van der Waals surface area contributed by atoms with E-state index in [4.69, 9.17) is 5.73 Å². The molecule has 0 saturated carbocycles. The number of aryl methyl sites for hydroxylation is 1. The third kappa shape index (κ3) is 2.17. The topological polar surface area (TPSA) is 81.2 Å². The summed E-state index contributed by atoms with van der Waals surface area (Å²) in [5, 5.41) is 4.16. The molecule has 0 spiro atoms. The molecule has 0 aliphatic carbocycles. The normalized spacial score (nSPS) is 26.4. The Balaban J connectivity index is 2.37. The van der Waals surface area contributed by atoms with Crippen LogP contribution in [-0.4, -0.2) is 41.6 Å². The van der Waals surface area contributed by atoms with E-state index in [-0.39, 0.29) is 11.1 Å². The molecule has 0 amide bonds. The molecule has 2 heterocycles. The van der Waals surface area contributed by atoms with Gasteiger partial charge in [-0.15, -0.1) is 0 Å². The van der Waals surface area contributed by atoms with Crippen LogP contribution in [0.5, 0.6) is 0 Å². The van der Waals surface area contributed by atoms with E-state index < -0.39 is 10.0 Å². The van der Waals surface area contributed by atoms with Crippen LogP contribution in [0.4, 0.5) is 0 Å². The molecule has 1 aliphatic heterocycles. The van der Waals surface area contributed by atoms with E-state index in [1.54, 1.807) is 7.05 Å². The highest BCUT2D eigenvalue weighted by Crippen LogP contribution is 2.28. The number of piperidine rings is 1. The maximum Gasteiger partial charge on any atom is 0.260 e. The number of nitrogens with zero attached hydrogens (tertiary/aromatic N) is 3. The van der Waals surface area contributed by atoms with Crippen LogP contribution in [0, 0.1) is 5.92 Å². The fourth-order valence-corrected chi connectivity index (χ4v) is 4.47. The summed E-state index contributed by atoms with van der Waals surface area (Å²) < 4.78 is 28.1. The number of sulfonamides is 1. The van der Waals surface area contributed by atoms with Gasteiger partial charge in [-0.25, -0.2) is 8.42 Å². The second-order valence-electron chi connectivity index (χ2n) is 4.83. The highest BCUT2D eigenvalue weighted by molar-refractivity contribution is 7.89. The van der Waals surface area contributed by atoms with Crippen molar-refractivity contribution in [2.75, 3.05) is 13.1 Å². The molecule has 1 aromatic heterocycles. The Morgan fingerprint density at radius 1 is 1.56 bits per heavy atom. The molecule has 2 unspecified atom stereocenters. The number of aromatic nitrogens is 2. The van der Waals surface area contributed by atoms with Crippen molar-refractivity contribution in [3.05, 3.63) is 12.3 Å². The van der Waals surface area contributed by atoms with Crippen molar-refractivity contribution in [1.29, 1.82) is 0 Å². The Labute approximate surface area is 108 Å². The second-order valence-corrected chi connectivity index (χ2v) is 6.67. The SMILES string of the molecule is CC1CCCN(S(=O)(=O)c2ccnn2C)C1CN.